The molecule has 0 spiro atoms. The molecule has 1 aliphatic rings. The average molecular weight is 356 g/mol. The van der Waals surface area contributed by atoms with Gasteiger partial charge in [0.1, 0.15) is 0 Å². The molecule has 0 bridgehead atoms. The van der Waals surface area contributed by atoms with Crippen molar-refractivity contribution in [3.8, 4) is 0 Å². The zero-order valence-corrected chi connectivity index (χ0v) is 15.3. The third-order valence-electron chi connectivity index (χ3n) is 4.81. The second-order valence-corrected chi connectivity index (χ2v) is 7.23. The van der Waals surface area contributed by atoms with Gasteiger partial charge in [-0.1, -0.05) is 33.6 Å². The first-order valence-electron chi connectivity index (χ1n) is 8.65. The van der Waals surface area contributed by atoms with Crippen molar-refractivity contribution in [1.29, 1.82) is 0 Å². The van der Waals surface area contributed by atoms with E-state index in [4.69, 9.17) is 0 Å². The molecule has 3 nitrogen and oxygen atoms in total. The minimum Gasteiger partial charge on any atom is -0.308 e. The summed E-state index contributed by atoms with van der Waals surface area (Å²) in [6, 6.07) is 0.449. The van der Waals surface area contributed by atoms with Gasteiger partial charge in [-0.05, 0) is 60.0 Å². The highest BCUT2D eigenvalue weighted by atomic mass is 79.9. The van der Waals surface area contributed by atoms with Gasteiger partial charge in [-0.2, -0.15) is 5.10 Å². The molecule has 1 saturated carbocycles. The zero-order chi connectivity index (χ0) is 15.2. The van der Waals surface area contributed by atoms with Crippen molar-refractivity contribution in [2.24, 2.45) is 11.8 Å². The Labute approximate surface area is 138 Å². The molecular weight excluding hydrogens is 326 g/mol. The fourth-order valence-electron chi connectivity index (χ4n) is 3.64. The largest absolute Gasteiger partial charge is 0.308 e. The monoisotopic (exact) mass is 355 g/mol. The molecule has 3 atom stereocenters. The van der Waals surface area contributed by atoms with Gasteiger partial charge in [0.2, 0.25) is 0 Å². The van der Waals surface area contributed by atoms with Gasteiger partial charge in [0.15, 0.2) is 0 Å². The summed E-state index contributed by atoms with van der Waals surface area (Å²) >= 11 is 3.74. The minimum atomic E-state index is 0.449. The van der Waals surface area contributed by atoms with Crippen LogP contribution in [-0.2, 0) is 6.54 Å². The summed E-state index contributed by atoms with van der Waals surface area (Å²) in [5.41, 5.74) is 1.37. The molecule has 4 heteroatoms. The van der Waals surface area contributed by atoms with Gasteiger partial charge in [-0.15, -0.1) is 0 Å². The van der Waals surface area contributed by atoms with Gasteiger partial charge < -0.3 is 5.32 Å². The van der Waals surface area contributed by atoms with E-state index in [1.165, 1.54) is 42.3 Å². The van der Waals surface area contributed by atoms with E-state index in [9.17, 15) is 0 Å². The van der Waals surface area contributed by atoms with Crippen LogP contribution in [0.3, 0.4) is 0 Å². The van der Waals surface area contributed by atoms with Crippen LogP contribution in [0.15, 0.2) is 10.7 Å². The van der Waals surface area contributed by atoms with E-state index < -0.39 is 0 Å². The lowest BCUT2D eigenvalue weighted by Gasteiger charge is -2.26. The average Bonchev–Trinajstić information content (AvgIpc) is 3.09. The first kappa shape index (κ1) is 17.0. The highest BCUT2D eigenvalue weighted by molar-refractivity contribution is 9.10. The Morgan fingerprint density at radius 2 is 2.14 bits per heavy atom. The summed E-state index contributed by atoms with van der Waals surface area (Å²) in [6.45, 7) is 8.89. The number of aromatic nitrogens is 2. The molecule has 1 fully saturated rings. The predicted octanol–water partition coefficient (Wildman–Crippen LogP) is 4.92. The van der Waals surface area contributed by atoms with Gasteiger partial charge in [-0.3, -0.25) is 4.68 Å². The normalized spacial score (nSPS) is 23.6. The molecule has 1 aromatic rings. The Morgan fingerprint density at radius 1 is 1.33 bits per heavy atom. The van der Waals surface area contributed by atoms with E-state index in [0.29, 0.717) is 6.04 Å². The third-order valence-corrected chi connectivity index (χ3v) is 5.42. The quantitative estimate of drug-likeness (QED) is 0.716. The third kappa shape index (κ3) is 4.10. The number of nitrogens with one attached hydrogen (secondary N) is 1. The summed E-state index contributed by atoms with van der Waals surface area (Å²) in [5.74, 6) is 1.67. The van der Waals surface area contributed by atoms with Crippen LogP contribution in [0, 0.1) is 11.8 Å². The molecule has 1 aromatic heterocycles. The first-order chi connectivity index (χ1) is 10.2. The van der Waals surface area contributed by atoms with Crippen molar-refractivity contribution >= 4 is 15.9 Å². The van der Waals surface area contributed by atoms with Crippen molar-refractivity contribution in [2.75, 3.05) is 6.54 Å². The van der Waals surface area contributed by atoms with E-state index in [-0.39, 0.29) is 0 Å². The highest BCUT2D eigenvalue weighted by Crippen LogP contribution is 2.42. The topological polar surface area (TPSA) is 29.9 Å². The molecule has 21 heavy (non-hydrogen) atoms. The number of nitrogens with zero attached hydrogens (tertiary/aromatic N) is 2. The van der Waals surface area contributed by atoms with Crippen molar-refractivity contribution in [1.82, 2.24) is 15.1 Å². The molecule has 1 N–H and O–H groups in total. The standard InChI is InChI=1S/C17H30BrN3/c1-4-9-19-16(14-8-7-13(6-3)11-14)17-15(18)12-20-21(17)10-5-2/h12-14,16,19H,4-11H2,1-3H3. The predicted molar refractivity (Wildman–Crippen MR) is 92.4 cm³/mol. The van der Waals surface area contributed by atoms with Crippen LogP contribution in [0.4, 0.5) is 0 Å². The van der Waals surface area contributed by atoms with Gasteiger partial charge in [0, 0.05) is 6.54 Å². The van der Waals surface area contributed by atoms with Crippen LogP contribution in [0.25, 0.3) is 0 Å². The van der Waals surface area contributed by atoms with Crippen molar-refractivity contribution in [2.45, 2.75) is 71.9 Å². The summed E-state index contributed by atoms with van der Waals surface area (Å²) < 4.78 is 3.38. The van der Waals surface area contributed by atoms with Gasteiger partial charge in [0.05, 0.1) is 22.4 Å². The Hall–Kier alpha value is -0.350. The van der Waals surface area contributed by atoms with Crippen molar-refractivity contribution in [3.05, 3.63) is 16.4 Å². The van der Waals surface area contributed by atoms with Crippen LogP contribution in [0.5, 0.6) is 0 Å². The Morgan fingerprint density at radius 3 is 2.76 bits per heavy atom. The molecule has 0 aromatic carbocycles. The summed E-state index contributed by atoms with van der Waals surface area (Å²) in [6.07, 6.45) is 9.71. The number of hydrogen-bond acceptors (Lipinski definition) is 2. The smallest absolute Gasteiger partial charge is 0.0698 e. The van der Waals surface area contributed by atoms with E-state index >= 15 is 0 Å². The molecule has 0 radical (unpaired) electrons. The number of aryl methyl sites for hydroxylation is 1. The lowest BCUT2D eigenvalue weighted by atomic mass is 9.93. The Bertz CT molecular complexity index is 430. The lowest BCUT2D eigenvalue weighted by molar-refractivity contribution is 0.332. The molecule has 0 amide bonds. The maximum Gasteiger partial charge on any atom is 0.0698 e. The van der Waals surface area contributed by atoms with Crippen LogP contribution < -0.4 is 5.32 Å². The molecule has 0 aliphatic heterocycles. The second kappa shape index (κ2) is 8.33. The minimum absolute atomic E-state index is 0.449. The fraction of sp³-hybridized carbons (Fsp3) is 0.824. The second-order valence-electron chi connectivity index (χ2n) is 6.38. The van der Waals surface area contributed by atoms with E-state index in [1.54, 1.807) is 0 Å². The van der Waals surface area contributed by atoms with Crippen LogP contribution in [0.2, 0.25) is 0 Å². The molecule has 0 saturated heterocycles. The summed E-state index contributed by atoms with van der Waals surface area (Å²) in [7, 11) is 0. The molecule has 1 heterocycles. The van der Waals surface area contributed by atoms with E-state index in [1.807, 2.05) is 6.20 Å². The summed E-state index contributed by atoms with van der Waals surface area (Å²) in [4.78, 5) is 0. The van der Waals surface area contributed by atoms with Gasteiger partial charge in [0.25, 0.3) is 0 Å². The van der Waals surface area contributed by atoms with Gasteiger partial charge in [-0.25, -0.2) is 0 Å². The molecule has 3 unspecified atom stereocenters. The number of hydrogen-bond donors (Lipinski definition) is 1. The van der Waals surface area contributed by atoms with Crippen LogP contribution in [-0.4, -0.2) is 16.3 Å². The van der Waals surface area contributed by atoms with Gasteiger partial charge >= 0.3 is 0 Å². The first-order valence-corrected chi connectivity index (χ1v) is 9.45. The SMILES string of the molecule is CCCNC(c1c(Br)cnn1CCC)C1CCC(CC)C1. The molecule has 120 valence electrons. The Kier molecular flexibility index (Phi) is 6.74. The molecular formula is C17H30BrN3. The summed E-state index contributed by atoms with van der Waals surface area (Å²) in [5, 5.41) is 8.38. The van der Waals surface area contributed by atoms with E-state index in [2.05, 4.69) is 51.8 Å². The lowest BCUT2D eigenvalue weighted by Crippen LogP contribution is -2.30. The highest BCUT2D eigenvalue weighted by Gasteiger charge is 2.33. The van der Waals surface area contributed by atoms with Crippen molar-refractivity contribution < 1.29 is 0 Å². The maximum absolute atomic E-state index is 4.57. The number of rotatable bonds is 8. The maximum atomic E-state index is 4.57. The molecule has 1 aliphatic carbocycles. The van der Waals surface area contributed by atoms with Crippen LogP contribution >= 0.6 is 15.9 Å². The Balaban J connectivity index is 2.21. The van der Waals surface area contributed by atoms with E-state index in [0.717, 1.165) is 31.3 Å². The van der Waals surface area contributed by atoms with Crippen LogP contribution in [0.1, 0.15) is 71.0 Å². The fourth-order valence-corrected chi connectivity index (χ4v) is 4.19. The van der Waals surface area contributed by atoms with Crippen molar-refractivity contribution in [3.63, 3.8) is 0 Å². The molecule has 2 rings (SSSR count). The number of halogens is 1. The zero-order valence-electron chi connectivity index (χ0n) is 13.7.